The van der Waals surface area contributed by atoms with Gasteiger partial charge in [0, 0.05) is 18.7 Å². The largest absolute Gasteiger partial charge is 0.489 e. The highest BCUT2D eigenvalue weighted by Gasteiger charge is 2.06. The van der Waals surface area contributed by atoms with Crippen molar-refractivity contribution in [3.63, 3.8) is 0 Å². The lowest BCUT2D eigenvalue weighted by Gasteiger charge is -2.13. The zero-order chi connectivity index (χ0) is 15.2. The van der Waals surface area contributed by atoms with Crippen LogP contribution in [0.1, 0.15) is 25.0 Å². The average molecular weight is 291 g/mol. The van der Waals surface area contributed by atoms with Gasteiger partial charge in [0.15, 0.2) is 11.6 Å². The van der Waals surface area contributed by atoms with Crippen LogP contribution in [0.4, 0.5) is 8.78 Å². The number of nitrogens with one attached hydrogen (secondary N) is 1. The fourth-order valence-corrected chi connectivity index (χ4v) is 1.91. The Balaban J connectivity index is 2.03. The summed E-state index contributed by atoms with van der Waals surface area (Å²) in [6.45, 7) is 5.23. The molecule has 2 aromatic rings. The maximum absolute atomic E-state index is 13.1. The van der Waals surface area contributed by atoms with E-state index in [4.69, 9.17) is 4.74 Å². The lowest BCUT2D eigenvalue weighted by atomic mass is 10.1. The first kappa shape index (κ1) is 15.4. The molecule has 0 fully saturated rings. The van der Waals surface area contributed by atoms with E-state index in [1.54, 1.807) is 0 Å². The standard InChI is InChI=1S/C17H19F2NO/c1-12(2)20-10-13-5-3-4-6-14(13)11-21-15-7-8-16(18)17(19)9-15/h3-9,12,20H,10-11H2,1-2H3. The number of hydrogen-bond acceptors (Lipinski definition) is 2. The number of ether oxygens (including phenoxy) is 1. The monoisotopic (exact) mass is 291 g/mol. The van der Waals surface area contributed by atoms with Gasteiger partial charge in [-0.1, -0.05) is 38.1 Å². The van der Waals surface area contributed by atoms with E-state index in [-0.39, 0.29) is 0 Å². The molecule has 112 valence electrons. The third-order valence-electron chi connectivity index (χ3n) is 3.10. The summed E-state index contributed by atoms with van der Waals surface area (Å²) in [4.78, 5) is 0. The highest BCUT2D eigenvalue weighted by atomic mass is 19.2. The molecule has 2 rings (SSSR count). The van der Waals surface area contributed by atoms with E-state index in [0.717, 1.165) is 29.8 Å². The van der Waals surface area contributed by atoms with Crippen LogP contribution in [-0.4, -0.2) is 6.04 Å². The molecule has 0 bridgehead atoms. The zero-order valence-electron chi connectivity index (χ0n) is 12.2. The van der Waals surface area contributed by atoms with Crippen LogP contribution < -0.4 is 10.1 Å². The molecule has 0 spiro atoms. The molecule has 0 aromatic heterocycles. The Bertz CT molecular complexity index is 599. The van der Waals surface area contributed by atoms with Gasteiger partial charge < -0.3 is 10.1 Å². The van der Waals surface area contributed by atoms with Crippen molar-refractivity contribution >= 4 is 0 Å². The van der Waals surface area contributed by atoms with Gasteiger partial charge >= 0.3 is 0 Å². The maximum Gasteiger partial charge on any atom is 0.162 e. The van der Waals surface area contributed by atoms with Crippen molar-refractivity contribution in [3.05, 3.63) is 65.2 Å². The number of hydrogen-bond donors (Lipinski definition) is 1. The molecule has 0 amide bonds. The van der Waals surface area contributed by atoms with Gasteiger partial charge in [0.2, 0.25) is 0 Å². The zero-order valence-corrected chi connectivity index (χ0v) is 12.2. The number of benzene rings is 2. The summed E-state index contributed by atoms with van der Waals surface area (Å²) in [6, 6.07) is 11.8. The molecule has 0 radical (unpaired) electrons. The highest BCUT2D eigenvalue weighted by molar-refractivity contribution is 5.28. The maximum atomic E-state index is 13.1. The second-order valence-electron chi connectivity index (χ2n) is 5.17. The van der Waals surface area contributed by atoms with E-state index < -0.39 is 11.6 Å². The van der Waals surface area contributed by atoms with Crippen molar-refractivity contribution in [2.45, 2.75) is 33.0 Å². The second kappa shape index (κ2) is 7.18. The molecule has 0 aliphatic carbocycles. The normalized spacial score (nSPS) is 10.9. The Kier molecular flexibility index (Phi) is 5.28. The Morgan fingerprint density at radius 2 is 1.71 bits per heavy atom. The molecule has 4 heteroatoms. The topological polar surface area (TPSA) is 21.3 Å². The van der Waals surface area contributed by atoms with Crippen molar-refractivity contribution in [3.8, 4) is 5.75 Å². The van der Waals surface area contributed by atoms with E-state index in [1.165, 1.54) is 6.07 Å². The van der Waals surface area contributed by atoms with E-state index >= 15 is 0 Å². The van der Waals surface area contributed by atoms with E-state index in [1.807, 2.05) is 24.3 Å². The van der Waals surface area contributed by atoms with Gasteiger partial charge in [-0.25, -0.2) is 8.78 Å². The summed E-state index contributed by atoms with van der Waals surface area (Å²) in [6.07, 6.45) is 0. The third kappa shape index (κ3) is 4.53. The van der Waals surface area contributed by atoms with Gasteiger partial charge in [-0.2, -0.15) is 0 Å². The fraction of sp³-hybridized carbons (Fsp3) is 0.294. The highest BCUT2D eigenvalue weighted by Crippen LogP contribution is 2.18. The van der Waals surface area contributed by atoms with E-state index in [2.05, 4.69) is 19.2 Å². The average Bonchev–Trinajstić information content (AvgIpc) is 2.47. The van der Waals surface area contributed by atoms with Gasteiger partial charge in [-0.15, -0.1) is 0 Å². The van der Waals surface area contributed by atoms with Crippen LogP contribution in [0.15, 0.2) is 42.5 Å². The predicted octanol–water partition coefficient (Wildman–Crippen LogP) is 4.04. The summed E-state index contributed by atoms with van der Waals surface area (Å²) in [7, 11) is 0. The second-order valence-corrected chi connectivity index (χ2v) is 5.17. The SMILES string of the molecule is CC(C)NCc1ccccc1COc1ccc(F)c(F)c1. The summed E-state index contributed by atoms with van der Waals surface area (Å²) >= 11 is 0. The van der Waals surface area contributed by atoms with Crippen LogP contribution >= 0.6 is 0 Å². The van der Waals surface area contributed by atoms with Crippen LogP contribution in [0.3, 0.4) is 0 Å². The molecule has 0 atom stereocenters. The molecule has 1 N–H and O–H groups in total. The summed E-state index contributed by atoms with van der Waals surface area (Å²) < 4.78 is 31.5. The molecule has 2 aromatic carbocycles. The van der Waals surface area contributed by atoms with Gasteiger partial charge in [-0.3, -0.25) is 0 Å². The number of rotatable bonds is 6. The Labute approximate surface area is 123 Å². The molecule has 2 nitrogen and oxygen atoms in total. The number of halogens is 2. The quantitative estimate of drug-likeness (QED) is 0.867. The Morgan fingerprint density at radius 3 is 2.38 bits per heavy atom. The predicted molar refractivity (Wildman–Crippen MR) is 79.1 cm³/mol. The molecule has 21 heavy (non-hydrogen) atoms. The smallest absolute Gasteiger partial charge is 0.162 e. The van der Waals surface area contributed by atoms with Crippen molar-refractivity contribution in [2.24, 2.45) is 0 Å². The molecular formula is C17H19F2NO. The van der Waals surface area contributed by atoms with Gasteiger partial charge in [0.05, 0.1) is 0 Å². The summed E-state index contributed by atoms with van der Waals surface area (Å²) in [5.74, 6) is -1.45. The van der Waals surface area contributed by atoms with Crippen LogP contribution in [0.2, 0.25) is 0 Å². The molecule has 0 saturated heterocycles. The van der Waals surface area contributed by atoms with E-state index in [9.17, 15) is 8.78 Å². The summed E-state index contributed by atoms with van der Waals surface area (Å²) in [5.41, 5.74) is 2.16. The molecular weight excluding hydrogens is 272 g/mol. The van der Waals surface area contributed by atoms with Crippen LogP contribution in [0.5, 0.6) is 5.75 Å². The lowest BCUT2D eigenvalue weighted by molar-refractivity contribution is 0.301. The van der Waals surface area contributed by atoms with Crippen LogP contribution in [0, 0.1) is 11.6 Å². The first-order valence-corrected chi connectivity index (χ1v) is 6.94. The molecule has 0 aliphatic rings. The van der Waals surface area contributed by atoms with Crippen molar-refractivity contribution in [2.75, 3.05) is 0 Å². The molecule has 0 heterocycles. The first-order valence-electron chi connectivity index (χ1n) is 6.94. The minimum absolute atomic E-state index is 0.320. The minimum atomic E-state index is -0.901. The van der Waals surface area contributed by atoms with E-state index in [0.29, 0.717) is 18.4 Å². The van der Waals surface area contributed by atoms with Crippen LogP contribution in [-0.2, 0) is 13.2 Å². The third-order valence-corrected chi connectivity index (χ3v) is 3.10. The minimum Gasteiger partial charge on any atom is -0.489 e. The van der Waals surface area contributed by atoms with Crippen LogP contribution in [0.25, 0.3) is 0 Å². The fourth-order valence-electron chi connectivity index (χ4n) is 1.91. The van der Waals surface area contributed by atoms with Gasteiger partial charge in [-0.05, 0) is 23.3 Å². The molecule has 0 saturated carbocycles. The first-order chi connectivity index (χ1) is 10.1. The van der Waals surface area contributed by atoms with Crippen molar-refractivity contribution < 1.29 is 13.5 Å². The lowest BCUT2D eigenvalue weighted by Crippen LogP contribution is -2.22. The van der Waals surface area contributed by atoms with Gasteiger partial charge in [0.25, 0.3) is 0 Å². The summed E-state index contributed by atoms with van der Waals surface area (Å²) in [5, 5.41) is 3.35. The molecule has 0 aliphatic heterocycles. The van der Waals surface area contributed by atoms with Crippen molar-refractivity contribution in [1.82, 2.24) is 5.32 Å². The van der Waals surface area contributed by atoms with Gasteiger partial charge in [0.1, 0.15) is 12.4 Å². The molecule has 0 unspecified atom stereocenters. The Hall–Kier alpha value is -1.94. The Morgan fingerprint density at radius 1 is 1.00 bits per heavy atom. The van der Waals surface area contributed by atoms with Crippen molar-refractivity contribution in [1.29, 1.82) is 0 Å².